The van der Waals surface area contributed by atoms with E-state index in [0.717, 1.165) is 6.54 Å². The molecule has 0 bridgehead atoms. The lowest BCUT2D eigenvalue weighted by atomic mass is 9.88. The molecule has 2 aromatic rings. The molecule has 2 aromatic carbocycles. The minimum atomic E-state index is 0.523. The topological polar surface area (TPSA) is 26.0 Å². The van der Waals surface area contributed by atoms with Crippen molar-refractivity contribution in [2.75, 3.05) is 6.54 Å². The zero-order chi connectivity index (χ0) is 11.5. The molecule has 0 amide bonds. The summed E-state index contributed by atoms with van der Waals surface area (Å²) in [5.41, 5.74) is 7.11. The van der Waals surface area contributed by atoms with Gasteiger partial charge in [0.15, 0.2) is 0 Å². The van der Waals surface area contributed by atoms with E-state index in [2.05, 4.69) is 56.3 Å². The minimum Gasteiger partial charge on any atom is -0.330 e. The number of fused-ring (bicyclic) bond motifs is 1. The van der Waals surface area contributed by atoms with Crippen LogP contribution in [0, 0.1) is 5.92 Å². The average Bonchev–Trinajstić information content (AvgIpc) is 2.36. The molecular weight excluding hydrogens is 194 g/mol. The van der Waals surface area contributed by atoms with E-state index in [0.29, 0.717) is 11.8 Å². The molecule has 0 saturated carbocycles. The maximum absolute atomic E-state index is 5.72. The first-order chi connectivity index (χ1) is 7.72. The van der Waals surface area contributed by atoms with Gasteiger partial charge in [0, 0.05) is 0 Å². The Hall–Kier alpha value is -1.34. The van der Waals surface area contributed by atoms with Crippen LogP contribution in [0.25, 0.3) is 10.8 Å². The first kappa shape index (κ1) is 11.2. The van der Waals surface area contributed by atoms with Gasteiger partial charge in [-0.2, -0.15) is 0 Å². The summed E-state index contributed by atoms with van der Waals surface area (Å²) in [5, 5.41) is 2.62. The Morgan fingerprint density at radius 2 is 1.69 bits per heavy atom. The Balaban J connectivity index is 2.39. The molecule has 0 aromatic heterocycles. The lowest BCUT2D eigenvalue weighted by Crippen LogP contribution is -2.16. The van der Waals surface area contributed by atoms with E-state index in [1.165, 1.54) is 16.3 Å². The summed E-state index contributed by atoms with van der Waals surface area (Å²) in [6, 6.07) is 15.2. The molecule has 1 nitrogen and oxygen atoms in total. The second-order valence-electron chi connectivity index (χ2n) is 4.61. The first-order valence-electron chi connectivity index (χ1n) is 5.91. The highest BCUT2D eigenvalue weighted by Crippen LogP contribution is 2.26. The van der Waals surface area contributed by atoms with Gasteiger partial charge >= 0.3 is 0 Å². The Kier molecular flexibility index (Phi) is 3.25. The van der Waals surface area contributed by atoms with Crippen LogP contribution >= 0.6 is 0 Å². The van der Waals surface area contributed by atoms with Crippen LogP contribution in [0.3, 0.4) is 0 Å². The minimum absolute atomic E-state index is 0.523. The molecule has 0 fully saturated rings. The first-order valence-corrected chi connectivity index (χ1v) is 5.91. The predicted octanol–water partition coefficient (Wildman–Crippen LogP) is 3.54. The van der Waals surface area contributed by atoms with Gasteiger partial charge in [0.2, 0.25) is 0 Å². The summed E-state index contributed by atoms with van der Waals surface area (Å²) in [4.78, 5) is 0. The quantitative estimate of drug-likeness (QED) is 0.829. The average molecular weight is 213 g/mol. The molecule has 0 radical (unpaired) electrons. The Morgan fingerprint density at radius 1 is 1.00 bits per heavy atom. The van der Waals surface area contributed by atoms with Crippen molar-refractivity contribution in [1.29, 1.82) is 0 Å². The van der Waals surface area contributed by atoms with Crippen LogP contribution < -0.4 is 5.73 Å². The number of benzene rings is 2. The molecule has 0 spiro atoms. The van der Waals surface area contributed by atoms with Crippen molar-refractivity contribution in [3.63, 3.8) is 0 Å². The second-order valence-corrected chi connectivity index (χ2v) is 4.61. The fraction of sp³-hybridized carbons (Fsp3) is 0.333. The maximum atomic E-state index is 5.72. The molecule has 84 valence electrons. The number of hydrogen-bond acceptors (Lipinski definition) is 1. The molecule has 0 heterocycles. The van der Waals surface area contributed by atoms with Crippen molar-refractivity contribution >= 4 is 10.8 Å². The summed E-state index contributed by atoms with van der Waals surface area (Å²) in [6.45, 7) is 5.20. The zero-order valence-electron chi connectivity index (χ0n) is 9.98. The van der Waals surface area contributed by atoms with Crippen molar-refractivity contribution in [2.24, 2.45) is 11.7 Å². The third-order valence-electron chi connectivity index (χ3n) is 3.52. The van der Waals surface area contributed by atoms with Gasteiger partial charge in [-0.25, -0.2) is 0 Å². The standard InChI is InChI=1S/C15H19N/c1-11(10-16)12(2)14-8-7-13-5-3-4-6-15(13)9-14/h3-9,11-12H,10,16H2,1-2H3. The molecule has 1 heteroatoms. The maximum Gasteiger partial charge on any atom is -0.00458 e. The van der Waals surface area contributed by atoms with E-state index >= 15 is 0 Å². The summed E-state index contributed by atoms with van der Waals surface area (Å²) in [5.74, 6) is 1.05. The largest absolute Gasteiger partial charge is 0.330 e. The summed E-state index contributed by atoms with van der Waals surface area (Å²) >= 11 is 0. The third kappa shape index (κ3) is 2.10. The molecule has 2 atom stereocenters. The molecule has 2 rings (SSSR count). The van der Waals surface area contributed by atoms with Crippen LogP contribution in [0.5, 0.6) is 0 Å². The van der Waals surface area contributed by atoms with Crippen LogP contribution in [0.1, 0.15) is 25.3 Å². The highest BCUT2D eigenvalue weighted by atomic mass is 14.5. The fourth-order valence-corrected chi connectivity index (χ4v) is 2.02. The second kappa shape index (κ2) is 4.67. The van der Waals surface area contributed by atoms with Crippen LogP contribution in [0.15, 0.2) is 42.5 Å². The van der Waals surface area contributed by atoms with Gasteiger partial charge in [-0.3, -0.25) is 0 Å². The molecular formula is C15H19N. The normalized spacial score (nSPS) is 14.9. The van der Waals surface area contributed by atoms with E-state index in [1.54, 1.807) is 0 Å². The van der Waals surface area contributed by atoms with E-state index in [1.807, 2.05) is 0 Å². The molecule has 16 heavy (non-hydrogen) atoms. The molecule has 0 aliphatic rings. The van der Waals surface area contributed by atoms with Gasteiger partial charge in [0.1, 0.15) is 0 Å². The lowest BCUT2D eigenvalue weighted by Gasteiger charge is -2.19. The molecule has 0 aliphatic heterocycles. The van der Waals surface area contributed by atoms with Gasteiger partial charge in [0.25, 0.3) is 0 Å². The number of rotatable bonds is 3. The molecule has 0 saturated heterocycles. The van der Waals surface area contributed by atoms with Gasteiger partial charge in [-0.15, -0.1) is 0 Å². The van der Waals surface area contributed by atoms with Crippen LogP contribution in [0.2, 0.25) is 0 Å². The van der Waals surface area contributed by atoms with Crippen molar-refractivity contribution in [3.8, 4) is 0 Å². The van der Waals surface area contributed by atoms with Crippen LogP contribution in [-0.4, -0.2) is 6.54 Å². The predicted molar refractivity (Wildman–Crippen MR) is 70.6 cm³/mol. The van der Waals surface area contributed by atoms with E-state index in [-0.39, 0.29) is 0 Å². The van der Waals surface area contributed by atoms with Gasteiger partial charge in [-0.05, 0) is 34.7 Å². The third-order valence-corrected chi connectivity index (χ3v) is 3.52. The summed E-state index contributed by atoms with van der Waals surface area (Å²) in [6.07, 6.45) is 0. The van der Waals surface area contributed by atoms with Gasteiger partial charge in [-0.1, -0.05) is 56.3 Å². The molecule has 0 aliphatic carbocycles. The van der Waals surface area contributed by atoms with Crippen LogP contribution in [-0.2, 0) is 0 Å². The molecule has 2 unspecified atom stereocenters. The van der Waals surface area contributed by atoms with Crippen molar-refractivity contribution in [1.82, 2.24) is 0 Å². The number of hydrogen-bond donors (Lipinski definition) is 1. The number of nitrogens with two attached hydrogens (primary N) is 1. The summed E-state index contributed by atoms with van der Waals surface area (Å²) < 4.78 is 0. The Labute approximate surface area is 97.3 Å². The van der Waals surface area contributed by atoms with E-state index in [9.17, 15) is 0 Å². The van der Waals surface area contributed by atoms with Crippen molar-refractivity contribution in [2.45, 2.75) is 19.8 Å². The fourth-order valence-electron chi connectivity index (χ4n) is 2.02. The molecule has 2 N–H and O–H groups in total. The van der Waals surface area contributed by atoms with Crippen molar-refractivity contribution < 1.29 is 0 Å². The van der Waals surface area contributed by atoms with Crippen molar-refractivity contribution in [3.05, 3.63) is 48.0 Å². The van der Waals surface area contributed by atoms with E-state index in [4.69, 9.17) is 5.73 Å². The SMILES string of the molecule is CC(CN)C(C)c1ccc2ccccc2c1. The van der Waals surface area contributed by atoms with Gasteiger partial charge in [0.05, 0.1) is 0 Å². The summed E-state index contributed by atoms with van der Waals surface area (Å²) in [7, 11) is 0. The van der Waals surface area contributed by atoms with E-state index < -0.39 is 0 Å². The monoisotopic (exact) mass is 213 g/mol. The van der Waals surface area contributed by atoms with Crippen LogP contribution in [0.4, 0.5) is 0 Å². The highest BCUT2D eigenvalue weighted by molar-refractivity contribution is 5.83. The highest BCUT2D eigenvalue weighted by Gasteiger charge is 2.12. The lowest BCUT2D eigenvalue weighted by molar-refractivity contribution is 0.499. The smallest absolute Gasteiger partial charge is 0.00458 e. The Bertz CT molecular complexity index is 476. The zero-order valence-corrected chi connectivity index (χ0v) is 9.98. The Morgan fingerprint density at radius 3 is 2.38 bits per heavy atom. The van der Waals surface area contributed by atoms with Gasteiger partial charge < -0.3 is 5.73 Å².